The van der Waals surface area contributed by atoms with Gasteiger partial charge in [-0.05, 0) is 42.0 Å². The quantitative estimate of drug-likeness (QED) is 0.394. The maximum atomic E-state index is 12.5. The minimum Gasteiger partial charge on any atom is -0.319 e. The zero-order chi connectivity index (χ0) is 19.4. The van der Waals surface area contributed by atoms with Crippen LogP contribution in [-0.2, 0) is 4.79 Å². The number of aryl methyl sites for hydroxylation is 1. The van der Waals surface area contributed by atoms with E-state index in [0.717, 1.165) is 11.3 Å². The summed E-state index contributed by atoms with van der Waals surface area (Å²) in [4.78, 5) is 23.0. The topological polar surface area (TPSA) is 116 Å². The Morgan fingerprint density at radius 2 is 1.93 bits per heavy atom. The second-order valence-corrected chi connectivity index (χ2v) is 6.99. The van der Waals surface area contributed by atoms with Crippen molar-refractivity contribution in [1.82, 2.24) is 20.2 Å². The van der Waals surface area contributed by atoms with Gasteiger partial charge in [0.15, 0.2) is 0 Å². The van der Waals surface area contributed by atoms with Crippen LogP contribution in [0.5, 0.6) is 0 Å². The summed E-state index contributed by atoms with van der Waals surface area (Å²) in [6.07, 6.45) is 0. The minimum absolute atomic E-state index is 0.151. The molecular formula is C17H16N6O3S. The number of nitro groups is 1. The van der Waals surface area contributed by atoms with Crippen molar-refractivity contribution in [3.63, 3.8) is 0 Å². The summed E-state index contributed by atoms with van der Waals surface area (Å²) >= 11 is 1.17. The molecule has 2 aromatic carbocycles. The number of nitrogens with one attached hydrogen (secondary N) is 1. The largest absolute Gasteiger partial charge is 0.319 e. The van der Waals surface area contributed by atoms with Gasteiger partial charge in [-0.15, -0.1) is 5.10 Å². The van der Waals surface area contributed by atoms with E-state index in [1.165, 1.54) is 23.9 Å². The fourth-order valence-corrected chi connectivity index (χ4v) is 3.19. The van der Waals surface area contributed by atoms with Crippen LogP contribution < -0.4 is 5.32 Å². The van der Waals surface area contributed by atoms with Gasteiger partial charge in [-0.1, -0.05) is 42.1 Å². The second kappa shape index (κ2) is 7.96. The van der Waals surface area contributed by atoms with Crippen LogP contribution in [0.15, 0.2) is 53.7 Å². The summed E-state index contributed by atoms with van der Waals surface area (Å²) < 4.78 is 1.56. The van der Waals surface area contributed by atoms with Crippen molar-refractivity contribution in [2.75, 3.05) is 5.32 Å². The fourth-order valence-electron chi connectivity index (χ4n) is 2.39. The van der Waals surface area contributed by atoms with Crippen molar-refractivity contribution in [3.05, 3.63) is 64.2 Å². The van der Waals surface area contributed by atoms with Crippen LogP contribution in [0.25, 0.3) is 5.69 Å². The van der Waals surface area contributed by atoms with Gasteiger partial charge in [0.25, 0.3) is 5.69 Å². The van der Waals surface area contributed by atoms with E-state index < -0.39 is 10.2 Å². The number of nitrogens with zero attached hydrogens (tertiary/aromatic N) is 5. The summed E-state index contributed by atoms with van der Waals surface area (Å²) in [5.74, 6) is -0.381. The number of rotatable bonds is 6. The van der Waals surface area contributed by atoms with Crippen LogP contribution in [0, 0.1) is 17.0 Å². The third-order valence-electron chi connectivity index (χ3n) is 3.79. The molecule has 0 spiro atoms. The summed E-state index contributed by atoms with van der Waals surface area (Å²) in [5, 5.41) is 25.2. The van der Waals surface area contributed by atoms with E-state index in [4.69, 9.17) is 0 Å². The lowest BCUT2D eigenvalue weighted by molar-refractivity contribution is -0.383. The Morgan fingerprint density at radius 3 is 2.67 bits per heavy atom. The summed E-state index contributed by atoms with van der Waals surface area (Å²) in [5.41, 5.74) is 1.80. The van der Waals surface area contributed by atoms with Crippen LogP contribution in [0.1, 0.15) is 12.5 Å². The van der Waals surface area contributed by atoms with Gasteiger partial charge in [0.05, 0.1) is 15.9 Å². The average Bonchev–Trinajstić information content (AvgIpc) is 3.10. The van der Waals surface area contributed by atoms with Crippen molar-refractivity contribution < 1.29 is 9.72 Å². The summed E-state index contributed by atoms with van der Waals surface area (Å²) in [7, 11) is 0. The van der Waals surface area contributed by atoms with Crippen LogP contribution in [-0.4, -0.2) is 36.3 Å². The Bertz CT molecular complexity index is 990. The number of tetrazole rings is 1. The van der Waals surface area contributed by atoms with Crippen molar-refractivity contribution in [2.24, 2.45) is 0 Å². The third kappa shape index (κ3) is 4.11. The number of benzene rings is 2. The summed E-state index contributed by atoms with van der Waals surface area (Å²) in [6.45, 7) is 3.63. The Hall–Kier alpha value is -3.27. The highest BCUT2D eigenvalue weighted by Crippen LogP contribution is 2.27. The van der Waals surface area contributed by atoms with E-state index in [0.29, 0.717) is 5.16 Å². The molecule has 3 aromatic rings. The molecule has 0 radical (unpaired) electrons. The molecule has 3 rings (SSSR count). The minimum atomic E-state index is -0.571. The van der Waals surface area contributed by atoms with Gasteiger partial charge in [0, 0.05) is 6.07 Å². The molecule has 0 unspecified atom stereocenters. The normalized spacial score (nSPS) is 11.8. The number of carbonyl (C=O) groups is 1. The molecule has 0 fully saturated rings. The number of hydrogen-bond acceptors (Lipinski definition) is 7. The highest BCUT2D eigenvalue weighted by atomic mass is 32.2. The number of nitro benzene ring substituents is 1. The Labute approximate surface area is 158 Å². The highest BCUT2D eigenvalue weighted by Gasteiger charge is 2.22. The molecule has 0 saturated heterocycles. The molecular weight excluding hydrogens is 368 g/mol. The number of carbonyl (C=O) groups excluding carboxylic acids is 1. The van der Waals surface area contributed by atoms with Gasteiger partial charge in [0.1, 0.15) is 5.69 Å². The van der Waals surface area contributed by atoms with Gasteiger partial charge in [-0.25, -0.2) is 0 Å². The maximum Gasteiger partial charge on any atom is 0.292 e. The number of hydrogen-bond donors (Lipinski definition) is 1. The second-order valence-electron chi connectivity index (χ2n) is 5.68. The molecule has 138 valence electrons. The number of thioether (sulfide) groups is 1. The molecule has 10 heteroatoms. The summed E-state index contributed by atoms with van der Waals surface area (Å²) in [6, 6.07) is 13.6. The molecule has 1 N–H and O–H groups in total. The van der Waals surface area contributed by atoms with E-state index >= 15 is 0 Å². The van der Waals surface area contributed by atoms with Gasteiger partial charge < -0.3 is 5.32 Å². The lowest BCUT2D eigenvalue weighted by Gasteiger charge is -2.12. The molecule has 1 amide bonds. The first-order valence-electron chi connectivity index (χ1n) is 8.02. The predicted molar refractivity (Wildman–Crippen MR) is 101 cm³/mol. The first-order valence-corrected chi connectivity index (χ1v) is 8.90. The van der Waals surface area contributed by atoms with Gasteiger partial charge in [-0.3, -0.25) is 14.9 Å². The van der Waals surface area contributed by atoms with Crippen LogP contribution in [0.4, 0.5) is 11.4 Å². The van der Waals surface area contributed by atoms with Crippen LogP contribution in [0.2, 0.25) is 0 Å². The van der Waals surface area contributed by atoms with E-state index in [1.807, 2.05) is 31.2 Å². The Morgan fingerprint density at radius 1 is 1.22 bits per heavy atom. The smallest absolute Gasteiger partial charge is 0.292 e. The van der Waals surface area contributed by atoms with E-state index in [-0.39, 0.29) is 17.3 Å². The van der Waals surface area contributed by atoms with Gasteiger partial charge in [-0.2, -0.15) is 4.68 Å². The van der Waals surface area contributed by atoms with E-state index in [2.05, 4.69) is 20.8 Å². The van der Waals surface area contributed by atoms with Crippen molar-refractivity contribution in [1.29, 1.82) is 0 Å². The molecule has 0 saturated carbocycles. The molecule has 1 aromatic heterocycles. The zero-order valence-corrected chi connectivity index (χ0v) is 15.4. The molecule has 1 atom stereocenters. The van der Waals surface area contributed by atoms with E-state index in [9.17, 15) is 14.9 Å². The van der Waals surface area contributed by atoms with Crippen LogP contribution in [0.3, 0.4) is 0 Å². The Balaban J connectivity index is 1.76. The SMILES string of the molecule is Cc1ccccc1-n1nnnc1S[C@@H](C)C(=O)Nc1ccccc1[N+](=O)[O-]. The lowest BCUT2D eigenvalue weighted by Crippen LogP contribution is -2.23. The number of amides is 1. The maximum absolute atomic E-state index is 12.5. The van der Waals surface area contributed by atoms with Crippen LogP contribution >= 0.6 is 11.8 Å². The first-order chi connectivity index (χ1) is 13.0. The molecule has 0 bridgehead atoms. The van der Waals surface area contributed by atoms with E-state index in [1.54, 1.807) is 23.7 Å². The highest BCUT2D eigenvalue weighted by molar-refractivity contribution is 8.00. The lowest BCUT2D eigenvalue weighted by atomic mass is 10.2. The van der Waals surface area contributed by atoms with Crippen molar-refractivity contribution in [2.45, 2.75) is 24.3 Å². The zero-order valence-electron chi connectivity index (χ0n) is 14.6. The van der Waals surface area contributed by atoms with Crippen molar-refractivity contribution in [3.8, 4) is 5.69 Å². The van der Waals surface area contributed by atoms with Crippen molar-refractivity contribution >= 4 is 29.0 Å². The predicted octanol–water partition coefficient (Wildman–Crippen LogP) is 3.00. The van der Waals surface area contributed by atoms with Gasteiger partial charge in [0.2, 0.25) is 11.1 Å². The Kier molecular flexibility index (Phi) is 5.46. The third-order valence-corrected chi connectivity index (χ3v) is 4.83. The molecule has 27 heavy (non-hydrogen) atoms. The number of para-hydroxylation sites is 3. The molecule has 9 nitrogen and oxygen atoms in total. The fraction of sp³-hybridized carbons (Fsp3) is 0.176. The molecule has 0 aliphatic carbocycles. The molecule has 1 heterocycles. The molecule has 0 aliphatic rings. The monoisotopic (exact) mass is 384 g/mol. The average molecular weight is 384 g/mol. The van der Waals surface area contributed by atoms with Gasteiger partial charge >= 0.3 is 0 Å². The number of anilines is 1. The first kappa shape index (κ1) is 18.5. The molecule has 0 aliphatic heterocycles. The number of aromatic nitrogens is 4. The standard InChI is InChI=1S/C17H16N6O3S/c1-11-7-3-5-9-14(11)22-17(19-20-21-22)27-12(2)16(24)18-13-8-4-6-10-15(13)23(25)26/h3-10,12H,1-2H3,(H,18,24)/t12-/m0/s1.